The van der Waals surface area contributed by atoms with Crippen LogP contribution in [0.5, 0.6) is 0 Å². The summed E-state index contributed by atoms with van der Waals surface area (Å²) < 4.78 is 6.63. The Balaban J connectivity index is 2.18. The van der Waals surface area contributed by atoms with Gasteiger partial charge in [0.25, 0.3) is 0 Å². The number of thiophene rings is 1. The molecular formula is C16H21NO2S. The van der Waals surface area contributed by atoms with Gasteiger partial charge in [-0.2, -0.15) is 0 Å². The number of nitrogens with zero attached hydrogens (tertiary/aromatic N) is 1. The molecule has 20 heavy (non-hydrogen) atoms. The van der Waals surface area contributed by atoms with Gasteiger partial charge < -0.3 is 9.64 Å². The maximum atomic E-state index is 12.0. The average molecular weight is 291 g/mol. The molecule has 0 unspecified atom stereocenters. The van der Waals surface area contributed by atoms with Crippen LogP contribution in [0.15, 0.2) is 23.6 Å². The Morgan fingerprint density at radius 1 is 1.35 bits per heavy atom. The summed E-state index contributed by atoms with van der Waals surface area (Å²) in [6, 6.07) is 6.23. The third kappa shape index (κ3) is 3.31. The minimum atomic E-state index is -0.461. The van der Waals surface area contributed by atoms with Crippen molar-refractivity contribution >= 4 is 27.5 Å². The summed E-state index contributed by atoms with van der Waals surface area (Å²) in [5.74, 6) is 0. The molecular weight excluding hydrogens is 270 g/mol. The van der Waals surface area contributed by atoms with Crippen LogP contribution in [0.2, 0.25) is 0 Å². The molecule has 0 bridgehead atoms. The van der Waals surface area contributed by atoms with E-state index in [0.29, 0.717) is 6.54 Å². The lowest BCUT2D eigenvalue weighted by Crippen LogP contribution is -2.33. The molecule has 1 heterocycles. The van der Waals surface area contributed by atoms with Crippen molar-refractivity contribution in [2.45, 2.75) is 39.8 Å². The van der Waals surface area contributed by atoms with E-state index in [2.05, 4.69) is 24.4 Å². The SMILES string of the molecule is Cc1csc2c(CN(C)C(=O)OC(C)(C)C)cccc12. The van der Waals surface area contributed by atoms with Gasteiger partial charge in [-0.25, -0.2) is 4.79 Å². The van der Waals surface area contributed by atoms with Gasteiger partial charge in [-0.1, -0.05) is 18.2 Å². The normalized spacial score (nSPS) is 11.7. The van der Waals surface area contributed by atoms with Crippen LogP contribution < -0.4 is 0 Å². The first-order valence-electron chi connectivity index (χ1n) is 6.68. The molecule has 2 aromatic rings. The fourth-order valence-electron chi connectivity index (χ4n) is 2.03. The van der Waals surface area contributed by atoms with E-state index in [-0.39, 0.29) is 6.09 Å². The quantitative estimate of drug-likeness (QED) is 0.810. The second-order valence-electron chi connectivity index (χ2n) is 6.05. The number of fused-ring (bicyclic) bond motifs is 1. The summed E-state index contributed by atoms with van der Waals surface area (Å²) in [6.07, 6.45) is -0.289. The molecule has 0 saturated heterocycles. The van der Waals surface area contributed by atoms with Crippen molar-refractivity contribution in [1.29, 1.82) is 0 Å². The highest BCUT2D eigenvalue weighted by Crippen LogP contribution is 2.29. The molecule has 0 spiro atoms. The van der Waals surface area contributed by atoms with E-state index in [1.165, 1.54) is 15.6 Å². The third-order valence-electron chi connectivity index (χ3n) is 2.99. The first-order valence-corrected chi connectivity index (χ1v) is 7.56. The molecule has 4 heteroatoms. The van der Waals surface area contributed by atoms with E-state index in [1.54, 1.807) is 23.3 Å². The van der Waals surface area contributed by atoms with Gasteiger partial charge >= 0.3 is 6.09 Å². The van der Waals surface area contributed by atoms with E-state index in [9.17, 15) is 4.79 Å². The molecule has 3 nitrogen and oxygen atoms in total. The first-order chi connectivity index (χ1) is 9.28. The number of carbonyl (C=O) groups is 1. The predicted octanol–water partition coefficient (Wildman–Crippen LogP) is 4.58. The maximum absolute atomic E-state index is 12.0. The van der Waals surface area contributed by atoms with Crippen LogP contribution in [0.4, 0.5) is 4.79 Å². The van der Waals surface area contributed by atoms with Gasteiger partial charge in [0.1, 0.15) is 5.60 Å². The number of carbonyl (C=O) groups excluding carboxylic acids is 1. The maximum Gasteiger partial charge on any atom is 0.410 e. The van der Waals surface area contributed by atoms with Gasteiger partial charge in [-0.3, -0.25) is 0 Å². The Labute approximate surface area is 124 Å². The molecule has 0 saturated carbocycles. The van der Waals surface area contributed by atoms with Crippen molar-refractivity contribution in [2.24, 2.45) is 0 Å². The monoisotopic (exact) mass is 291 g/mol. The molecule has 0 aliphatic heterocycles. The Morgan fingerprint density at radius 2 is 2.05 bits per heavy atom. The van der Waals surface area contributed by atoms with Crippen LogP contribution >= 0.6 is 11.3 Å². The summed E-state index contributed by atoms with van der Waals surface area (Å²) in [5.41, 5.74) is 1.98. The highest BCUT2D eigenvalue weighted by molar-refractivity contribution is 7.17. The van der Waals surface area contributed by atoms with Crippen molar-refractivity contribution in [2.75, 3.05) is 7.05 Å². The summed E-state index contributed by atoms with van der Waals surface area (Å²) in [5, 5.41) is 3.42. The summed E-state index contributed by atoms with van der Waals surface area (Å²) in [6.45, 7) is 8.30. The lowest BCUT2D eigenvalue weighted by Gasteiger charge is -2.24. The standard InChI is InChI=1S/C16H21NO2S/c1-11-10-20-14-12(7-6-8-13(11)14)9-17(5)15(18)19-16(2,3)4/h6-8,10H,9H2,1-5H3. The van der Waals surface area contributed by atoms with Gasteiger partial charge in [-0.15, -0.1) is 11.3 Å². The van der Waals surface area contributed by atoms with Crippen molar-refractivity contribution in [3.63, 3.8) is 0 Å². The highest BCUT2D eigenvalue weighted by Gasteiger charge is 2.20. The Morgan fingerprint density at radius 3 is 2.70 bits per heavy atom. The van der Waals surface area contributed by atoms with Crippen molar-refractivity contribution in [3.8, 4) is 0 Å². The van der Waals surface area contributed by atoms with Crippen molar-refractivity contribution in [3.05, 3.63) is 34.7 Å². The van der Waals surface area contributed by atoms with Gasteiger partial charge in [0.15, 0.2) is 0 Å². The number of ether oxygens (including phenoxy) is 1. The minimum Gasteiger partial charge on any atom is -0.444 e. The van der Waals surface area contributed by atoms with E-state index in [1.807, 2.05) is 26.8 Å². The van der Waals surface area contributed by atoms with Crippen LogP contribution in [-0.2, 0) is 11.3 Å². The van der Waals surface area contributed by atoms with Gasteiger partial charge in [-0.05, 0) is 49.6 Å². The summed E-state index contributed by atoms with van der Waals surface area (Å²) >= 11 is 1.73. The lowest BCUT2D eigenvalue weighted by atomic mass is 10.1. The van der Waals surface area contributed by atoms with Gasteiger partial charge in [0, 0.05) is 11.7 Å². The molecule has 2 rings (SSSR count). The molecule has 0 fully saturated rings. The predicted molar refractivity (Wildman–Crippen MR) is 84.3 cm³/mol. The van der Waals surface area contributed by atoms with Crippen LogP contribution in [0.3, 0.4) is 0 Å². The molecule has 0 N–H and O–H groups in total. The number of benzene rings is 1. The van der Waals surface area contributed by atoms with Gasteiger partial charge in [0.05, 0.1) is 6.54 Å². The number of hydrogen-bond donors (Lipinski definition) is 0. The summed E-state index contributed by atoms with van der Waals surface area (Å²) in [7, 11) is 1.77. The second-order valence-corrected chi connectivity index (χ2v) is 6.93. The molecule has 1 aromatic heterocycles. The highest BCUT2D eigenvalue weighted by atomic mass is 32.1. The zero-order valence-corrected chi connectivity index (χ0v) is 13.5. The number of hydrogen-bond acceptors (Lipinski definition) is 3. The van der Waals surface area contributed by atoms with Gasteiger partial charge in [0.2, 0.25) is 0 Å². The minimum absolute atomic E-state index is 0.289. The zero-order valence-electron chi connectivity index (χ0n) is 12.7. The smallest absolute Gasteiger partial charge is 0.410 e. The molecule has 1 aromatic carbocycles. The van der Waals surface area contributed by atoms with E-state index in [0.717, 1.165) is 5.56 Å². The number of aryl methyl sites for hydroxylation is 1. The van der Waals surface area contributed by atoms with E-state index >= 15 is 0 Å². The average Bonchev–Trinajstić information content (AvgIpc) is 2.70. The Kier molecular flexibility index (Phi) is 4.04. The Hall–Kier alpha value is -1.55. The van der Waals surface area contributed by atoms with E-state index < -0.39 is 5.60 Å². The van der Waals surface area contributed by atoms with Crippen LogP contribution in [0.25, 0.3) is 10.1 Å². The second kappa shape index (κ2) is 5.44. The molecule has 0 aliphatic rings. The van der Waals surface area contributed by atoms with E-state index in [4.69, 9.17) is 4.74 Å². The third-order valence-corrected chi connectivity index (χ3v) is 4.18. The fourth-order valence-corrected chi connectivity index (χ4v) is 3.09. The van der Waals surface area contributed by atoms with Crippen molar-refractivity contribution < 1.29 is 9.53 Å². The molecule has 0 atom stereocenters. The van der Waals surface area contributed by atoms with Crippen LogP contribution in [0, 0.1) is 6.92 Å². The lowest BCUT2D eigenvalue weighted by molar-refractivity contribution is 0.0286. The van der Waals surface area contributed by atoms with Crippen LogP contribution in [-0.4, -0.2) is 23.6 Å². The topological polar surface area (TPSA) is 29.5 Å². The first kappa shape index (κ1) is 14.9. The summed E-state index contributed by atoms with van der Waals surface area (Å²) in [4.78, 5) is 13.6. The molecule has 0 radical (unpaired) electrons. The molecule has 0 aliphatic carbocycles. The van der Waals surface area contributed by atoms with Crippen LogP contribution in [0.1, 0.15) is 31.9 Å². The zero-order chi connectivity index (χ0) is 14.9. The fraction of sp³-hybridized carbons (Fsp3) is 0.438. The Bertz CT molecular complexity index is 625. The largest absolute Gasteiger partial charge is 0.444 e. The molecule has 108 valence electrons. The number of amides is 1. The van der Waals surface area contributed by atoms with Crippen molar-refractivity contribution in [1.82, 2.24) is 4.90 Å². The number of rotatable bonds is 2. The molecule has 1 amide bonds.